The van der Waals surface area contributed by atoms with Crippen LogP contribution in [0.2, 0.25) is 0 Å². The van der Waals surface area contributed by atoms with Gasteiger partial charge in [0.1, 0.15) is 11.8 Å². The van der Waals surface area contributed by atoms with Gasteiger partial charge in [0.05, 0.1) is 7.11 Å². The van der Waals surface area contributed by atoms with Crippen LogP contribution < -0.4 is 10.1 Å². The first kappa shape index (κ1) is 15.0. The minimum atomic E-state index is -1.02. The lowest BCUT2D eigenvalue weighted by atomic mass is 10.0. The van der Waals surface area contributed by atoms with Gasteiger partial charge in [-0.2, -0.15) is 0 Å². The van der Waals surface area contributed by atoms with Gasteiger partial charge in [-0.05, 0) is 30.5 Å². The molecule has 19 heavy (non-hydrogen) atoms. The number of hydrogen-bond donors (Lipinski definition) is 2. The number of carbonyl (C=O) groups excluding carboxylic acids is 1. The van der Waals surface area contributed by atoms with E-state index >= 15 is 0 Å². The van der Waals surface area contributed by atoms with Crippen LogP contribution in [0.25, 0.3) is 0 Å². The van der Waals surface area contributed by atoms with Crippen LogP contribution in [0.3, 0.4) is 0 Å². The highest BCUT2D eigenvalue weighted by molar-refractivity contribution is 5.96. The van der Waals surface area contributed by atoms with Gasteiger partial charge in [-0.25, -0.2) is 4.79 Å². The van der Waals surface area contributed by atoms with E-state index in [1.54, 1.807) is 24.3 Å². The average molecular weight is 265 g/mol. The molecule has 0 aliphatic carbocycles. The SMILES string of the molecule is COc1cccc(C(=O)N[C@@H](CC(C)C)C(=O)O)c1. The highest BCUT2D eigenvalue weighted by atomic mass is 16.5. The summed E-state index contributed by atoms with van der Waals surface area (Å²) in [6, 6.07) is 5.72. The smallest absolute Gasteiger partial charge is 0.326 e. The molecule has 1 rings (SSSR count). The maximum absolute atomic E-state index is 12.0. The van der Waals surface area contributed by atoms with Crippen molar-refractivity contribution in [2.75, 3.05) is 7.11 Å². The standard InChI is InChI=1S/C14H19NO4/c1-9(2)7-12(14(17)18)15-13(16)10-5-4-6-11(8-10)19-3/h4-6,8-9,12H,7H2,1-3H3,(H,15,16)(H,17,18)/t12-/m0/s1. The Hall–Kier alpha value is -2.04. The van der Waals surface area contributed by atoms with Crippen molar-refractivity contribution < 1.29 is 19.4 Å². The van der Waals surface area contributed by atoms with Gasteiger partial charge in [-0.15, -0.1) is 0 Å². The summed E-state index contributed by atoms with van der Waals surface area (Å²) in [4.78, 5) is 23.1. The topological polar surface area (TPSA) is 75.6 Å². The molecule has 1 amide bonds. The summed E-state index contributed by atoms with van der Waals surface area (Å²) in [5.41, 5.74) is 0.384. The van der Waals surface area contributed by atoms with Gasteiger partial charge in [0, 0.05) is 5.56 Å². The fourth-order valence-electron chi connectivity index (χ4n) is 1.70. The van der Waals surface area contributed by atoms with Crippen LogP contribution in [-0.2, 0) is 4.79 Å². The van der Waals surface area contributed by atoms with Crippen molar-refractivity contribution in [2.45, 2.75) is 26.3 Å². The van der Waals surface area contributed by atoms with Gasteiger partial charge in [0.15, 0.2) is 0 Å². The van der Waals surface area contributed by atoms with E-state index in [-0.39, 0.29) is 5.92 Å². The Kier molecular flexibility index (Phi) is 5.36. The highest BCUT2D eigenvalue weighted by Gasteiger charge is 2.21. The number of nitrogens with one attached hydrogen (secondary N) is 1. The van der Waals surface area contributed by atoms with Gasteiger partial charge in [0.2, 0.25) is 0 Å². The van der Waals surface area contributed by atoms with Crippen molar-refractivity contribution in [3.63, 3.8) is 0 Å². The van der Waals surface area contributed by atoms with Crippen molar-refractivity contribution in [2.24, 2.45) is 5.92 Å². The lowest BCUT2D eigenvalue weighted by Crippen LogP contribution is -2.41. The zero-order valence-corrected chi connectivity index (χ0v) is 11.3. The number of aliphatic carboxylic acids is 1. The van der Waals surface area contributed by atoms with Crippen LogP contribution in [-0.4, -0.2) is 30.1 Å². The summed E-state index contributed by atoms with van der Waals surface area (Å²) in [5, 5.41) is 11.6. The van der Waals surface area contributed by atoms with Gasteiger partial charge < -0.3 is 15.2 Å². The predicted octanol–water partition coefficient (Wildman–Crippen LogP) is 1.92. The van der Waals surface area contributed by atoms with Crippen molar-refractivity contribution in [3.8, 4) is 5.75 Å². The lowest BCUT2D eigenvalue weighted by Gasteiger charge is -2.16. The van der Waals surface area contributed by atoms with E-state index in [1.807, 2.05) is 13.8 Å². The molecule has 0 unspecified atom stereocenters. The van der Waals surface area contributed by atoms with Crippen molar-refractivity contribution in [3.05, 3.63) is 29.8 Å². The molecule has 1 atom stereocenters. The molecule has 0 aliphatic rings. The molecular formula is C14H19NO4. The molecule has 5 heteroatoms. The zero-order valence-electron chi connectivity index (χ0n) is 11.3. The third-order valence-corrected chi connectivity index (χ3v) is 2.64. The van der Waals surface area contributed by atoms with Crippen LogP contribution >= 0.6 is 0 Å². The van der Waals surface area contributed by atoms with E-state index in [2.05, 4.69) is 5.32 Å². The number of carboxylic acid groups (broad SMARTS) is 1. The molecule has 1 aromatic carbocycles. The number of methoxy groups -OCH3 is 1. The molecule has 5 nitrogen and oxygen atoms in total. The normalized spacial score (nSPS) is 12.0. The van der Waals surface area contributed by atoms with Crippen molar-refractivity contribution >= 4 is 11.9 Å². The zero-order chi connectivity index (χ0) is 14.4. The Balaban J connectivity index is 2.78. The van der Waals surface area contributed by atoms with E-state index < -0.39 is 17.9 Å². The Bertz CT molecular complexity index is 457. The number of carbonyl (C=O) groups is 2. The quantitative estimate of drug-likeness (QED) is 0.824. The largest absolute Gasteiger partial charge is 0.497 e. The van der Waals surface area contributed by atoms with Crippen LogP contribution in [0.1, 0.15) is 30.6 Å². The van der Waals surface area contributed by atoms with Crippen LogP contribution in [0.5, 0.6) is 5.75 Å². The van der Waals surface area contributed by atoms with E-state index in [4.69, 9.17) is 9.84 Å². The number of hydrogen-bond acceptors (Lipinski definition) is 3. The van der Waals surface area contributed by atoms with Crippen molar-refractivity contribution in [1.82, 2.24) is 5.32 Å². The summed E-state index contributed by atoms with van der Waals surface area (Å²) < 4.78 is 5.03. The first-order chi connectivity index (χ1) is 8.93. The van der Waals surface area contributed by atoms with E-state index in [0.29, 0.717) is 17.7 Å². The minimum Gasteiger partial charge on any atom is -0.497 e. The number of carboxylic acids is 1. The predicted molar refractivity (Wildman–Crippen MR) is 71.3 cm³/mol. The van der Waals surface area contributed by atoms with Gasteiger partial charge in [-0.3, -0.25) is 4.79 Å². The van der Waals surface area contributed by atoms with Crippen LogP contribution in [0, 0.1) is 5.92 Å². The first-order valence-corrected chi connectivity index (χ1v) is 6.11. The molecule has 1 aromatic rings. The maximum Gasteiger partial charge on any atom is 0.326 e. The second-order valence-corrected chi connectivity index (χ2v) is 4.73. The summed E-state index contributed by atoms with van der Waals surface area (Å²) >= 11 is 0. The molecule has 0 aromatic heterocycles. The molecular weight excluding hydrogens is 246 g/mol. The summed E-state index contributed by atoms with van der Waals surface area (Å²) in [6.07, 6.45) is 0.394. The fraction of sp³-hybridized carbons (Fsp3) is 0.429. The van der Waals surface area contributed by atoms with Crippen LogP contribution in [0.4, 0.5) is 0 Å². The fourth-order valence-corrected chi connectivity index (χ4v) is 1.70. The Morgan fingerprint density at radius 1 is 1.37 bits per heavy atom. The van der Waals surface area contributed by atoms with Gasteiger partial charge in [-0.1, -0.05) is 19.9 Å². The maximum atomic E-state index is 12.0. The Morgan fingerprint density at radius 3 is 2.58 bits per heavy atom. The van der Waals surface area contributed by atoms with Gasteiger partial charge >= 0.3 is 5.97 Å². The molecule has 0 saturated heterocycles. The van der Waals surface area contributed by atoms with Crippen molar-refractivity contribution in [1.29, 1.82) is 0 Å². The van der Waals surface area contributed by atoms with Gasteiger partial charge in [0.25, 0.3) is 5.91 Å². The summed E-state index contributed by atoms with van der Waals surface area (Å²) in [7, 11) is 1.51. The second kappa shape index (κ2) is 6.78. The Morgan fingerprint density at radius 2 is 2.05 bits per heavy atom. The summed E-state index contributed by atoms with van der Waals surface area (Å²) in [5.74, 6) is -0.688. The number of ether oxygens (including phenoxy) is 1. The molecule has 0 fully saturated rings. The number of rotatable bonds is 6. The Labute approximate surface area is 112 Å². The monoisotopic (exact) mass is 265 g/mol. The average Bonchev–Trinajstić information content (AvgIpc) is 2.37. The first-order valence-electron chi connectivity index (χ1n) is 6.11. The third kappa shape index (κ3) is 4.62. The molecule has 0 saturated carbocycles. The molecule has 0 heterocycles. The number of benzene rings is 1. The van der Waals surface area contributed by atoms with E-state index in [1.165, 1.54) is 7.11 Å². The molecule has 0 spiro atoms. The third-order valence-electron chi connectivity index (χ3n) is 2.64. The van der Waals surface area contributed by atoms with E-state index in [0.717, 1.165) is 0 Å². The lowest BCUT2D eigenvalue weighted by molar-refractivity contribution is -0.139. The molecule has 2 N–H and O–H groups in total. The highest BCUT2D eigenvalue weighted by Crippen LogP contribution is 2.13. The molecule has 0 radical (unpaired) electrons. The summed E-state index contributed by atoms with van der Waals surface area (Å²) in [6.45, 7) is 3.82. The van der Waals surface area contributed by atoms with E-state index in [9.17, 15) is 9.59 Å². The number of amides is 1. The second-order valence-electron chi connectivity index (χ2n) is 4.73. The molecule has 104 valence electrons. The molecule has 0 bridgehead atoms. The minimum absolute atomic E-state index is 0.187. The van der Waals surface area contributed by atoms with Crippen LogP contribution in [0.15, 0.2) is 24.3 Å². The molecule has 0 aliphatic heterocycles.